The van der Waals surface area contributed by atoms with Crippen LogP contribution in [-0.4, -0.2) is 40.9 Å². The average molecular weight is 378 g/mol. The van der Waals surface area contributed by atoms with Crippen LogP contribution in [0.15, 0.2) is 42.5 Å². The standard InChI is InChI=1S/C19H21ClFN3O2/c20-17-4-2-15(3-5-17)13-22-8-1-9-23(11-10-22)14-16-12-18(21)6-7-19(16)24(25)26/h2-7,12H,1,8-11,13-14H2. The SMILES string of the molecule is O=[N+]([O-])c1ccc(F)cc1CN1CCCN(Cc2ccc(Cl)cc2)CC1. The fourth-order valence-corrected chi connectivity index (χ4v) is 3.41. The fourth-order valence-electron chi connectivity index (χ4n) is 3.29. The molecule has 7 heteroatoms. The van der Waals surface area contributed by atoms with Gasteiger partial charge in [-0.05, 0) is 49.3 Å². The molecule has 138 valence electrons. The van der Waals surface area contributed by atoms with E-state index >= 15 is 0 Å². The zero-order valence-electron chi connectivity index (χ0n) is 14.4. The van der Waals surface area contributed by atoms with Gasteiger partial charge < -0.3 is 0 Å². The Kier molecular flexibility index (Phi) is 6.19. The van der Waals surface area contributed by atoms with Crippen LogP contribution in [0.5, 0.6) is 0 Å². The second-order valence-corrected chi connectivity index (χ2v) is 7.00. The van der Waals surface area contributed by atoms with E-state index in [2.05, 4.69) is 9.80 Å². The van der Waals surface area contributed by atoms with Crippen molar-refractivity contribution in [2.24, 2.45) is 0 Å². The maximum absolute atomic E-state index is 13.5. The third-order valence-corrected chi connectivity index (χ3v) is 4.88. The summed E-state index contributed by atoms with van der Waals surface area (Å²) >= 11 is 5.93. The Morgan fingerprint density at radius 2 is 1.65 bits per heavy atom. The molecule has 0 N–H and O–H groups in total. The maximum atomic E-state index is 13.5. The van der Waals surface area contributed by atoms with E-state index in [4.69, 9.17) is 11.6 Å². The third-order valence-electron chi connectivity index (χ3n) is 4.63. The Hall–Kier alpha value is -2.02. The molecule has 1 fully saturated rings. The molecule has 3 rings (SSSR count). The summed E-state index contributed by atoms with van der Waals surface area (Å²) in [5.74, 6) is -0.440. The predicted octanol–water partition coefficient (Wildman–Crippen LogP) is 4.10. The molecule has 1 heterocycles. The van der Waals surface area contributed by atoms with Gasteiger partial charge in [0.05, 0.1) is 4.92 Å². The molecule has 26 heavy (non-hydrogen) atoms. The lowest BCUT2D eigenvalue weighted by Crippen LogP contribution is -2.30. The van der Waals surface area contributed by atoms with Gasteiger partial charge in [0.2, 0.25) is 0 Å². The molecule has 1 aliphatic heterocycles. The summed E-state index contributed by atoms with van der Waals surface area (Å²) in [6.45, 7) is 4.70. The molecule has 0 aromatic heterocycles. The molecule has 0 unspecified atom stereocenters. The van der Waals surface area contributed by atoms with E-state index in [1.165, 1.54) is 17.7 Å². The van der Waals surface area contributed by atoms with Gasteiger partial charge in [0.15, 0.2) is 0 Å². The zero-order valence-corrected chi connectivity index (χ0v) is 15.2. The minimum absolute atomic E-state index is 0.0198. The molecule has 0 bridgehead atoms. The van der Waals surface area contributed by atoms with E-state index in [0.717, 1.165) is 50.2 Å². The minimum Gasteiger partial charge on any atom is -0.298 e. The van der Waals surface area contributed by atoms with Gasteiger partial charge in [0, 0.05) is 42.8 Å². The minimum atomic E-state index is -0.445. The van der Waals surface area contributed by atoms with E-state index in [-0.39, 0.29) is 5.69 Å². The highest BCUT2D eigenvalue weighted by Crippen LogP contribution is 2.22. The van der Waals surface area contributed by atoms with E-state index in [1.54, 1.807) is 0 Å². The van der Waals surface area contributed by atoms with Gasteiger partial charge in [0.25, 0.3) is 5.69 Å². The number of nitrogens with zero attached hydrogens (tertiary/aromatic N) is 3. The van der Waals surface area contributed by atoms with Crippen molar-refractivity contribution in [3.63, 3.8) is 0 Å². The van der Waals surface area contributed by atoms with Gasteiger partial charge in [-0.15, -0.1) is 0 Å². The normalized spacial score (nSPS) is 16.4. The Labute approximate surface area is 157 Å². The summed E-state index contributed by atoms with van der Waals surface area (Å²) in [6, 6.07) is 11.5. The second-order valence-electron chi connectivity index (χ2n) is 6.56. The molecule has 2 aromatic rings. The number of hydrogen-bond donors (Lipinski definition) is 0. The highest BCUT2D eigenvalue weighted by Gasteiger charge is 2.20. The monoisotopic (exact) mass is 377 g/mol. The Morgan fingerprint density at radius 1 is 1.00 bits per heavy atom. The summed E-state index contributed by atoms with van der Waals surface area (Å²) in [7, 11) is 0. The first-order valence-electron chi connectivity index (χ1n) is 8.63. The predicted molar refractivity (Wildman–Crippen MR) is 99.7 cm³/mol. The smallest absolute Gasteiger partial charge is 0.274 e. The van der Waals surface area contributed by atoms with E-state index in [1.807, 2.05) is 24.3 Å². The lowest BCUT2D eigenvalue weighted by Gasteiger charge is -2.22. The molecular formula is C19H21ClFN3O2. The van der Waals surface area contributed by atoms with Crippen molar-refractivity contribution in [1.82, 2.24) is 9.80 Å². The van der Waals surface area contributed by atoms with Gasteiger partial charge in [0.1, 0.15) is 5.82 Å². The number of rotatable bonds is 5. The highest BCUT2D eigenvalue weighted by atomic mass is 35.5. The van der Waals surface area contributed by atoms with Crippen molar-refractivity contribution in [2.45, 2.75) is 19.5 Å². The second kappa shape index (κ2) is 8.58. The van der Waals surface area contributed by atoms with Gasteiger partial charge >= 0.3 is 0 Å². The van der Waals surface area contributed by atoms with Crippen LogP contribution in [-0.2, 0) is 13.1 Å². The molecule has 0 saturated carbocycles. The Bertz CT molecular complexity index is 770. The molecule has 1 aliphatic rings. The van der Waals surface area contributed by atoms with Crippen LogP contribution >= 0.6 is 11.6 Å². The van der Waals surface area contributed by atoms with Gasteiger partial charge in [-0.2, -0.15) is 0 Å². The molecule has 5 nitrogen and oxygen atoms in total. The highest BCUT2D eigenvalue weighted by molar-refractivity contribution is 6.30. The fraction of sp³-hybridized carbons (Fsp3) is 0.368. The molecular weight excluding hydrogens is 357 g/mol. The Balaban J connectivity index is 1.61. The molecule has 0 aliphatic carbocycles. The third kappa shape index (κ3) is 5.00. The summed E-state index contributed by atoms with van der Waals surface area (Å²) in [6.07, 6.45) is 0.969. The first-order valence-corrected chi connectivity index (χ1v) is 9.01. The summed E-state index contributed by atoms with van der Waals surface area (Å²) in [4.78, 5) is 15.2. The zero-order chi connectivity index (χ0) is 18.5. The van der Waals surface area contributed by atoms with E-state index in [0.29, 0.717) is 12.1 Å². The van der Waals surface area contributed by atoms with Crippen LogP contribution in [0.4, 0.5) is 10.1 Å². The molecule has 0 spiro atoms. The lowest BCUT2D eigenvalue weighted by atomic mass is 10.1. The van der Waals surface area contributed by atoms with Gasteiger partial charge in [-0.3, -0.25) is 19.9 Å². The van der Waals surface area contributed by atoms with Crippen LogP contribution in [0.2, 0.25) is 5.02 Å². The number of nitro benzene ring substituents is 1. The van der Waals surface area contributed by atoms with Crippen LogP contribution in [0.3, 0.4) is 0 Å². The van der Waals surface area contributed by atoms with Crippen molar-refractivity contribution in [3.8, 4) is 0 Å². The summed E-state index contributed by atoms with van der Waals surface area (Å²) in [5.41, 5.74) is 1.62. The van der Waals surface area contributed by atoms with Crippen LogP contribution in [0.1, 0.15) is 17.5 Å². The van der Waals surface area contributed by atoms with E-state index < -0.39 is 10.7 Å². The largest absolute Gasteiger partial charge is 0.298 e. The first kappa shape index (κ1) is 18.8. The van der Waals surface area contributed by atoms with Crippen molar-refractivity contribution in [2.75, 3.05) is 26.2 Å². The van der Waals surface area contributed by atoms with Gasteiger partial charge in [-0.1, -0.05) is 23.7 Å². The molecule has 1 saturated heterocycles. The van der Waals surface area contributed by atoms with Crippen LogP contribution in [0.25, 0.3) is 0 Å². The van der Waals surface area contributed by atoms with E-state index in [9.17, 15) is 14.5 Å². The maximum Gasteiger partial charge on any atom is 0.274 e. The molecule has 2 aromatic carbocycles. The number of benzene rings is 2. The number of nitro groups is 1. The number of hydrogen-bond acceptors (Lipinski definition) is 4. The van der Waals surface area contributed by atoms with Gasteiger partial charge in [-0.25, -0.2) is 4.39 Å². The quantitative estimate of drug-likeness (QED) is 0.581. The molecule has 0 radical (unpaired) electrons. The van der Waals surface area contributed by atoms with Crippen molar-refractivity contribution in [1.29, 1.82) is 0 Å². The van der Waals surface area contributed by atoms with Crippen molar-refractivity contribution < 1.29 is 9.31 Å². The van der Waals surface area contributed by atoms with Crippen LogP contribution < -0.4 is 0 Å². The first-order chi connectivity index (χ1) is 12.5. The Morgan fingerprint density at radius 3 is 2.31 bits per heavy atom. The average Bonchev–Trinajstić information content (AvgIpc) is 2.82. The van der Waals surface area contributed by atoms with Crippen molar-refractivity contribution >= 4 is 17.3 Å². The molecule has 0 amide bonds. The topological polar surface area (TPSA) is 49.6 Å². The summed E-state index contributed by atoms with van der Waals surface area (Å²) < 4.78 is 13.5. The lowest BCUT2D eigenvalue weighted by molar-refractivity contribution is -0.385. The van der Waals surface area contributed by atoms with Crippen molar-refractivity contribution in [3.05, 3.63) is 74.5 Å². The number of halogens is 2. The van der Waals surface area contributed by atoms with Crippen LogP contribution in [0, 0.1) is 15.9 Å². The summed E-state index contributed by atoms with van der Waals surface area (Å²) in [5, 5.41) is 11.9. The molecule has 0 atom stereocenters.